The molecule has 0 unspecified atom stereocenters. The predicted molar refractivity (Wildman–Crippen MR) is 57.5 cm³/mol. The number of hydrogen-bond donors (Lipinski definition) is 1. The van der Waals surface area contributed by atoms with Crippen LogP contribution in [0.5, 0.6) is 0 Å². The normalized spacial score (nSPS) is 10.7. The van der Waals surface area contributed by atoms with Gasteiger partial charge >= 0.3 is 0 Å². The van der Waals surface area contributed by atoms with Gasteiger partial charge in [0.05, 0.1) is 0 Å². The van der Waals surface area contributed by atoms with E-state index in [-0.39, 0.29) is 6.61 Å². The lowest BCUT2D eigenvalue weighted by Gasteiger charge is -2.17. The summed E-state index contributed by atoms with van der Waals surface area (Å²) < 4.78 is 0. The van der Waals surface area contributed by atoms with Crippen LogP contribution in [0.15, 0.2) is 0 Å². The maximum Gasteiger partial charge on any atom is 0.108 e. The summed E-state index contributed by atoms with van der Waals surface area (Å²) in [6.45, 7) is 10.8. The van der Waals surface area contributed by atoms with Crippen molar-refractivity contribution in [2.45, 2.75) is 41.2 Å². The van der Waals surface area contributed by atoms with Crippen molar-refractivity contribution < 1.29 is 10.1 Å². The van der Waals surface area contributed by atoms with Gasteiger partial charge in [0.25, 0.3) is 0 Å². The molecule has 0 radical (unpaired) electrons. The summed E-state index contributed by atoms with van der Waals surface area (Å²) in [7, 11) is 0. The minimum absolute atomic E-state index is 0.277. The summed E-state index contributed by atoms with van der Waals surface area (Å²) in [5, 5.41) is 8.52. The smallest absolute Gasteiger partial charge is 0.108 e. The largest absolute Gasteiger partial charge is 0.251 e. The minimum atomic E-state index is 0.277. The number of benzene rings is 1. The van der Waals surface area contributed by atoms with Crippen LogP contribution >= 0.6 is 0 Å². The van der Waals surface area contributed by atoms with E-state index in [1.54, 1.807) is 0 Å². The van der Waals surface area contributed by atoms with Gasteiger partial charge in [-0.3, -0.25) is 5.26 Å². The lowest BCUT2D eigenvalue weighted by Crippen LogP contribution is -2.03. The van der Waals surface area contributed by atoms with Crippen LogP contribution in [-0.2, 0) is 11.5 Å². The predicted octanol–water partition coefficient (Wildman–Crippen LogP) is 3.22. The van der Waals surface area contributed by atoms with E-state index in [1.807, 2.05) is 0 Å². The van der Waals surface area contributed by atoms with Crippen LogP contribution < -0.4 is 0 Å². The molecule has 0 saturated carbocycles. The molecular weight excluding hydrogens is 176 g/mol. The second-order valence-corrected chi connectivity index (χ2v) is 3.88. The highest BCUT2D eigenvalue weighted by atomic mass is 17.1. The highest BCUT2D eigenvalue weighted by Gasteiger charge is 2.11. The second-order valence-electron chi connectivity index (χ2n) is 3.88. The van der Waals surface area contributed by atoms with E-state index < -0.39 is 0 Å². The molecule has 1 aromatic rings. The summed E-state index contributed by atoms with van der Waals surface area (Å²) in [6.07, 6.45) is 0. The Morgan fingerprint density at radius 1 is 0.786 bits per heavy atom. The quantitative estimate of drug-likeness (QED) is 0.578. The van der Waals surface area contributed by atoms with Crippen LogP contribution in [0.4, 0.5) is 0 Å². The fourth-order valence-electron chi connectivity index (χ4n) is 1.86. The average molecular weight is 194 g/mol. The Labute approximate surface area is 85.5 Å². The van der Waals surface area contributed by atoms with Crippen LogP contribution in [0, 0.1) is 34.6 Å². The van der Waals surface area contributed by atoms with Crippen molar-refractivity contribution in [3.8, 4) is 0 Å². The van der Waals surface area contributed by atoms with E-state index >= 15 is 0 Å². The molecule has 0 aliphatic heterocycles. The second kappa shape index (κ2) is 4.11. The van der Waals surface area contributed by atoms with E-state index in [2.05, 4.69) is 39.5 Å². The molecule has 0 saturated heterocycles. The van der Waals surface area contributed by atoms with Crippen molar-refractivity contribution in [2.75, 3.05) is 0 Å². The standard InChI is InChI=1S/C12H18O2/c1-7-8(2)10(4)12(6-14-13)11(5)9(7)3/h13H,6H2,1-5H3. The van der Waals surface area contributed by atoms with Crippen molar-refractivity contribution in [3.05, 3.63) is 33.4 Å². The van der Waals surface area contributed by atoms with Crippen LogP contribution in [0.3, 0.4) is 0 Å². The SMILES string of the molecule is Cc1c(C)c(C)c(COO)c(C)c1C. The van der Waals surface area contributed by atoms with Crippen molar-refractivity contribution in [3.63, 3.8) is 0 Å². The molecule has 0 fully saturated rings. The van der Waals surface area contributed by atoms with E-state index in [4.69, 9.17) is 5.26 Å². The number of hydrogen-bond acceptors (Lipinski definition) is 2. The molecular formula is C12H18O2. The van der Waals surface area contributed by atoms with E-state index in [9.17, 15) is 0 Å². The molecule has 0 bridgehead atoms. The summed E-state index contributed by atoms with van der Waals surface area (Å²) in [5.74, 6) is 0. The van der Waals surface area contributed by atoms with Gasteiger partial charge in [0.1, 0.15) is 6.61 Å². The molecule has 2 nitrogen and oxygen atoms in total. The van der Waals surface area contributed by atoms with Crippen LogP contribution in [0.25, 0.3) is 0 Å². The van der Waals surface area contributed by atoms with Crippen LogP contribution in [-0.4, -0.2) is 5.26 Å². The van der Waals surface area contributed by atoms with E-state index in [1.165, 1.54) is 27.8 Å². The van der Waals surface area contributed by atoms with Gasteiger partial charge < -0.3 is 0 Å². The highest BCUT2D eigenvalue weighted by molar-refractivity contribution is 5.49. The first-order chi connectivity index (χ1) is 6.50. The van der Waals surface area contributed by atoms with Crippen LogP contribution in [0.2, 0.25) is 0 Å². The zero-order valence-corrected chi connectivity index (χ0v) is 9.56. The van der Waals surface area contributed by atoms with Crippen molar-refractivity contribution in [1.82, 2.24) is 0 Å². The van der Waals surface area contributed by atoms with Gasteiger partial charge in [0.2, 0.25) is 0 Å². The molecule has 0 aromatic heterocycles. The first-order valence-electron chi connectivity index (χ1n) is 4.82. The Balaban J connectivity index is 3.43. The molecule has 1 rings (SSSR count). The van der Waals surface area contributed by atoms with E-state index in [0.717, 1.165) is 5.56 Å². The Bertz CT molecular complexity index is 325. The van der Waals surface area contributed by atoms with Gasteiger partial charge in [-0.2, -0.15) is 0 Å². The lowest BCUT2D eigenvalue weighted by atomic mass is 9.90. The molecule has 14 heavy (non-hydrogen) atoms. The summed E-state index contributed by atoms with van der Waals surface area (Å²) >= 11 is 0. The average Bonchev–Trinajstić information content (AvgIpc) is 2.19. The Kier molecular flexibility index (Phi) is 3.29. The maximum absolute atomic E-state index is 8.52. The van der Waals surface area contributed by atoms with Gasteiger partial charge in [-0.05, 0) is 68.0 Å². The fourth-order valence-corrected chi connectivity index (χ4v) is 1.86. The Morgan fingerprint density at radius 3 is 1.50 bits per heavy atom. The van der Waals surface area contributed by atoms with Gasteiger partial charge in [-0.25, -0.2) is 4.89 Å². The lowest BCUT2D eigenvalue weighted by molar-refractivity contribution is -0.253. The van der Waals surface area contributed by atoms with Crippen molar-refractivity contribution in [1.29, 1.82) is 0 Å². The molecule has 2 heteroatoms. The Morgan fingerprint density at radius 2 is 1.14 bits per heavy atom. The zero-order valence-electron chi connectivity index (χ0n) is 9.56. The number of rotatable bonds is 2. The summed E-state index contributed by atoms with van der Waals surface area (Å²) in [6, 6.07) is 0. The summed E-state index contributed by atoms with van der Waals surface area (Å²) in [5.41, 5.74) is 7.47. The molecule has 0 spiro atoms. The molecule has 0 aliphatic carbocycles. The molecule has 1 N–H and O–H groups in total. The summed E-state index contributed by atoms with van der Waals surface area (Å²) in [4.78, 5) is 4.24. The molecule has 1 aromatic carbocycles. The zero-order chi connectivity index (χ0) is 10.9. The molecule has 0 aliphatic rings. The van der Waals surface area contributed by atoms with Gasteiger partial charge in [-0.1, -0.05) is 0 Å². The third-order valence-electron chi connectivity index (χ3n) is 3.36. The van der Waals surface area contributed by atoms with Gasteiger partial charge in [0, 0.05) is 0 Å². The molecule has 0 amide bonds. The fraction of sp³-hybridized carbons (Fsp3) is 0.500. The monoisotopic (exact) mass is 194 g/mol. The van der Waals surface area contributed by atoms with E-state index in [0.29, 0.717) is 0 Å². The third-order valence-corrected chi connectivity index (χ3v) is 3.36. The Hall–Kier alpha value is -0.860. The highest BCUT2D eigenvalue weighted by Crippen LogP contribution is 2.26. The topological polar surface area (TPSA) is 29.5 Å². The minimum Gasteiger partial charge on any atom is -0.251 e. The first kappa shape index (κ1) is 11.2. The maximum atomic E-state index is 8.52. The molecule has 0 atom stereocenters. The molecule has 0 heterocycles. The first-order valence-corrected chi connectivity index (χ1v) is 4.82. The third kappa shape index (κ3) is 1.68. The van der Waals surface area contributed by atoms with Gasteiger partial charge in [-0.15, -0.1) is 0 Å². The molecule has 78 valence electrons. The van der Waals surface area contributed by atoms with Crippen molar-refractivity contribution >= 4 is 0 Å². The van der Waals surface area contributed by atoms with Crippen molar-refractivity contribution in [2.24, 2.45) is 0 Å². The van der Waals surface area contributed by atoms with Crippen LogP contribution in [0.1, 0.15) is 33.4 Å². The van der Waals surface area contributed by atoms with Gasteiger partial charge in [0.15, 0.2) is 0 Å².